The van der Waals surface area contributed by atoms with Gasteiger partial charge in [-0.05, 0) is 32.0 Å². The molecule has 29 heavy (non-hydrogen) atoms. The van der Waals surface area contributed by atoms with Crippen LogP contribution < -0.4 is 4.74 Å². The number of hydrogen-bond donors (Lipinski definition) is 1. The third-order valence-electron chi connectivity index (χ3n) is 6.06. The minimum Gasteiger partial charge on any atom is -0.492 e. The van der Waals surface area contributed by atoms with Crippen LogP contribution in [0.1, 0.15) is 24.5 Å². The van der Waals surface area contributed by atoms with Crippen LogP contribution in [0.15, 0.2) is 24.5 Å². The van der Waals surface area contributed by atoms with E-state index in [0.717, 1.165) is 67.9 Å². The number of fused-ring (bicyclic) bond motifs is 1. The van der Waals surface area contributed by atoms with E-state index >= 15 is 0 Å². The molecule has 2 aliphatic heterocycles. The Morgan fingerprint density at radius 2 is 1.90 bits per heavy atom. The lowest BCUT2D eigenvalue weighted by Crippen LogP contribution is -2.45. The summed E-state index contributed by atoms with van der Waals surface area (Å²) in [5.41, 5.74) is 1.90. The molecule has 0 unspecified atom stereocenters. The van der Waals surface area contributed by atoms with Crippen molar-refractivity contribution in [2.45, 2.75) is 18.8 Å². The number of piperazine rings is 1. The predicted molar refractivity (Wildman–Crippen MR) is 111 cm³/mol. The maximum Gasteiger partial charge on any atom is 0.407 e. The number of likely N-dealkylation sites (N-methyl/N-ethyl adjacent to an activating group) is 1. The van der Waals surface area contributed by atoms with Crippen LogP contribution in [0.5, 0.6) is 5.75 Å². The molecule has 3 heterocycles. The van der Waals surface area contributed by atoms with Gasteiger partial charge in [-0.2, -0.15) is 0 Å². The van der Waals surface area contributed by atoms with Crippen LogP contribution in [0.3, 0.4) is 0 Å². The Morgan fingerprint density at radius 1 is 1.14 bits per heavy atom. The molecule has 0 aliphatic carbocycles. The highest BCUT2D eigenvalue weighted by atomic mass is 16.5. The van der Waals surface area contributed by atoms with Gasteiger partial charge in [-0.15, -0.1) is 0 Å². The highest BCUT2D eigenvalue weighted by molar-refractivity contribution is 5.82. The van der Waals surface area contributed by atoms with Crippen LogP contribution in [-0.4, -0.2) is 95.3 Å². The molecule has 8 nitrogen and oxygen atoms in total. The fourth-order valence-electron chi connectivity index (χ4n) is 4.18. The van der Waals surface area contributed by atoms with Crippen molar-refractivity contribution in [2.24, 2.45) is 0 Å². The normalized spacial score (nSPS) is 19.6. The van der Waals surface area contributed by atoms with Gasteiger partial charge >= 0.3 is 6.09 Å². The van der Waals surface area contributed by atoms with Crippen LogP contribution in [0.4, 0.5) is 4.79 Å². The molecule has 156 valence electrons. The summed E-state index contributed by atoms with van der Waals surface area (Å²) in [6.07, 6.45) is 2.35. The van der Waals surface area contributed by atoms with E-state index in [-0.39, 0.29) is 5.92 Å². The first-order valence-electron chi connectivity index (χ1n) is 10.4. The molecule has 0 bridgehead atoms. The summed E-state index contributed by atoms with van der Waals surface area (Å²) in [5, 5.41) is 10.2. The molecule has 2 saturated heterocycles. The van der Waals surface area contributed by atoms with Gasteiger partial charge in [0.1, 0.15) is 18.7 Å². The highest BCUT2D eigenvalue weighted by Gasteiger charge is 2.25. The van der Waals surface area contributed by atoms with E-state index in [4.69, 9.17) is 9.84 Å². The first kappa shape index (κ1) is 19.8. The number of carboxylic acid groups (broad SMARTS) is 1. The highest BCUT2D eigenvalue weighted by Crippen LogP contribution is 2.32. The topological polar surface area (TPSA) is 82.0 Å². The second-order valence-corrected chi connectivity index (χ2v) is 7.98. The molecule has 1 N–H and O–H groups in total. The van der Waals surface area contributed by atoms with E-state index in [1.54, 1.807) is 6.33 Å². The molecule has 2 aromatic rings. The van der Waals surface area contributed by atoms with Crippen molar-refractivity contribution in [3.8, 4) is 5.75 Å². The number of carbonyl (C=O) groups is 1. The molecule has 2 aliphatic rings. The third kappa shape index (κ3) is 4.76. The zero-order valence-electron chi connectivity index (χ0n) is 17.0. The van der Waals surface area contributed by atoms with Gasteiger partial charge in [0.25, 0.3) is 0 Å². The van der Waals surface area contributed by atoms with Crippen molar-refractivity contribution >= 4 is 17.0 Å². The number of hydrogen-bond acceptors (Lipinski definition) is 6. The van der Waals surface area contributed by atoms with Crippen LogP contribution in [0.2, 0.25) is 0 Å². The minimum atomic E-state index is -0.839. The van der Waals surface area contributed by atoms with Gasteiger partial charge in [0.15, 0.2) is 0 Å². The van der Waals surface area contributed by atoms with Crippen molar-refractivity contribution < 1.29 is 14.6 Å². The SMILES string of the molecule is CN1CCN(CCOc2ccc3c(C4CCN(C(=O)O)CC4)ncnc3c2)CC1. The lowest BCUT2D eigenvalue weighted by Gasteiger charge is -2.32. The Labute approximate surface area is 171 Å². The van der Waals surface area contributed by atoms with Crippen molar-refractivity contribution in [2.75, 3.05) is 59.5 Å². The third-order valence-corrected chi connectivity index (χ3v) is 6.06. The summed E-state index contributed by atoms with van der Waals surface area (Å²) in [7, 11) is 2.16. The van der Waals surface area contributed by atoms with Gasteiger partial charge in [-0.25, -0.2) is 14.8 Å². The molecule has 1 aromatic carbocycles. The number of aromatic nitrogens is 2. The monoisotopic (exact) mass is 399 g/mol. The summed E-state index contributed by atoms with van der Waals surface area (Å²) in [5.74, 6) is 1.09. The van der Waals surface area contributed by atoms with Gasteiger partial charge in [-0.1, -0.05) is 0 Å². The van der Waals surface area contributed by atoms with E-state index in [1.807, 2.05) is 18.2 Å². The summed E-state index contributed by atoms with van der Waals surface area (Å²) in [6, 6.07) is 6.02. The van der Waals surface area contributed by atoms with Gasteiger partial charge in [0, 0.05) is 63.2 Å². The molecule has 0 saturated carbocycles. The number of ether oxygens (including phenoxy) is 1. The van der Waals surface area contributed by atoms with Crippen molar-refractivity contribution in [1.29, 1.82) is 0 Å². The average Bonchev–Trinajstić information content (AvgIpc) is 2.74. The van der Waals surface area contributed by atoms with Crippen molar-refractivity contribution in [3.05, 3.63) is 30.2 Å². The maximum absolute atomic E-state index is 11.1. The van der Waals surface area contributed by atoms with Gasteiger partial charge < -0.3 is 19.6 Å². The smallest absolute Gasteiger partial charge is 0.407 e. The minimum absolute atomic E-state index is 0.264. The van der Waals surface area contributed by atoms with Gasteiger partial charge in [-0.3, -0.25) is 4.90 Å². The Kier molecular flexibility index (Phi) is 6.10. The van der Waals surface area contributed by atoms with Crippen LogP contribution in [0, 0.1) is 0 Å². The predicted octanol–water partition coefficient (Wildman–Crippen LogP) is 2.11. The van der Waals surface area contributed by atoms with E-state index in [2.05, 4.69) is 26.8 Å². The van der Waals surface area contributed by atoms with Gasteiger partial charge in [0.05, 0.1) is 11.2 Å². The molecule has 0 atom stereocenters. The first-order chi connectivity index (χ1) is 14.1. The largest absolute Gasteiger partial charge is 0.492 e. The molecule has 8 heteroatoms. The standard InChI is InChI=1S/C21H29N5O3/c1-24-8-10-25(11-9-24)12-13-29-17-2-3-18-19(14-17)22-15-23-20(18)16-4-6-26(7-5-16)21(27)28/h2-3,14-16H,4-13H2,1H3,(H,27,28). The lowest BCUT2D eigenvalue weighted by atomic mass is 9.91. The number of likely N-dealkylation sites (tertiary alicyclic amines) is 1. The zero-order chi connectivity index (χ0) is 20.2. The van der Waals surface area contributed by atoms with Crippen LogP contribution in [-0.2, 0) is 0 Å². The lowest BCUT2D eigenvalue weighted by molar-refractivity contribution is 0.132. The second kappa shape index (κ2) is 8.92. The Balaban J connectivity index is 1.38. The second-order valence-electron chi connectivity index (χ2n) is 7.98. The van der Waals surface area contributed by atoms with E-state index in [0.29, 0.717) is 19.7 Å². The van der Waals surface area contributed by atoms with E-state index < -0.39 is 6.09 Å². The molecule has 4 rings (SSSR count). The first-order valence-corrected chi connectivity index (χ1v) is 10.4. The molecule has 0 spiro atoms. The number of benzene rings is 1. The summed E-state index contributed by atoms with van der Waals surface area (Å²) in [6.45, 7) is 7.12. The molecular weight excluding hydrogens is 370 g/mol. The Bertz CT molecular complexity index is 845. The van der Waals surface area contributed by atoms with E-state index in [9.17, 15) is 4.79 Å². The fraction of sp³-hybridized carbons (Fsp3) is 0.571. The zero-order valence-corrected chi connectivity index (χ0v) is 17.0. The summed E-state index contributed by atoms with van der Waals surface area (Å²) < 4.78 is 5.98. The average molecular weight is 399 g/mol. The Morgan fingerprint density at radius 3 is 2.62 bits per heavy atom. The van der Waals surface area contributed by atoms with E-state index in [1.165, 1.54) is 4.90 Å². The number of nitrogens with zero attached hydrogens (tertiary/aromatic N) is 5. The van der Waals surface area contributed by atoms with Gasteiger partial charge in [0.2, 0.25) is 0 Å². The number of amides is 1. The molecule has 1 aromatic heterocycles. The van der Waals surface area contributed by atoms with Crippen LogP contribution >= 0.6 is 0 Å². The summed E-state index contributed by atoms with van der Waals surface area (Å²) >= 11 is 0. The fourth-order valence-corrected chi connectivity index (χ4v) is 4.18. The van der Waals surface area contributed by atoms with Crippen molar-refractivity contribution in [3.63, 3.8) is 0 Å². The molecule has 1 amide bonds. The number of rotatable bonds is 5. The van der Waals surface area contributed by atoms with Crippen LogP contribution in [0.25, 0.3) is 10.9 Å². The molecule has 2 fully saturated rings. The Hall–Kier alpha value is -2.45. The molecular formula is C21H29N5O3. The molecule has 0 radical (unpaired) electrons. The number of piperidine rings is 1. The summed E-state index contributed by atoms with van der Waals surface area (Å²) in [4.78, 5) is 26.4. The van der Waals surface area contributed by atoms with Crippen molar-refractivity contribution in [1.82, 2.24) is 24.7 Å². The quantitative estimate of drug-likeness (QED) is 0.825. The maximum atomic E-state index is 11.1.